The van der Waals surface area contributed by atoms with Crippen molar-refractivity contribution in [3.8, 4) is 0 Å². The first kappa shape index (κ1) is 18.8. The molecule has 1 saturated heterocycles. The predicted molar refractivity (Wildman–Crippen MR) is 95.6 cm³/mol. The van der Waals surface area contributed by atoms with Gasteiger partial charge in [0.15, 0.2) is 0 Å². The van der Waals surface area contributed by atoms with Gasteiger partial charge in [0.25, 0.3) is 5.91 Å². The van der Waals surface area contributed by atoms with E-state index in [1.54, 1.807) is 31.6 Å². The minimum absolute atomic E-state index is 0.0723. The molecular weight excluding hydrogens is 334 g/mol. The maximum Gasteiger partial charge on any atom is 0.251 e. The third-order valence-electron chi connectivity index (χ3n) is 5.29. The van der Waals surface area contributed by atoms with E-state index in [2.05, 4.69) is 15.6 Å². The number of nitrogens with zero attached hydrogens (tertiary/aromatic N) is 1. The van der Waals surface area contributed by atoms with Crippen molar-refractivity contribution in [2.24, 2.45) is 5.92 Å². The lowest BCUT2D eigenvalue weighted by Gasteiger charge is -2.36. The smallest absolute Gasteiger partial charge is 0.251 e. The lowest BCUT2D eigenvalue weighted by Crippen LogP contribution is -2.51. The molecule has 7 heteroatoms. The average molecular weight is 361 g/mol. The quantitative estimate of drug-likeness (QED) is 0.825. The molecule has 2 heterocycles. The van der Waals surface area contributed by atoms with E-state index >= 15 is 0 Å². The van der Waals surface area contributed by atoms with E-state index in [4.69, 9.17) is 9.47 Å². The molecule has 1 aromatic rings. The summed E-state index contributed by atoms with van der Waals surface area (Å²) < 4.78 is 10.9. The average Bonchev–Trinajstić information content (AvgIpc) is 2.69. The number of rotatable bonds is 5. The second-order valence-electron chi connectivity index (χ2n) is 7.00. The molecule has 1 aliphatic heterocycles. The molecule has 1 saturated carbocycles. The molecule has 1 aliphatic carbocycles. The van der Waals surface area contributed by atoms with Crippen LogP contribution in [0.3, 0.4) is 0 Å². The van der Waals surface area contributed by atoms with E-state index in [-0.39, 0.29) is 35.9 Å². The summed E-state index contributed by atoms with van der Waals surface area (Å²) in [5.41, 5.74) is 0.578. The zero-order chi connectivity index (χ0) is 18.4. The fourth-order valence-corrected chi connectivity index (χ4v) is 3.71. The van der Waals surface area contributed by atoms with E-state index < -0.39 is 0 Å². The Kier molecular flexibility index (Phi) is 6.57. The van der Waals surface area contributed by atoms with Crippen LogP contribution < -0.4 is 10.6 Å². The minimum Gasteiger partial charge on any atom is -0.381 e. The van der Waals surface area contributed by atoms with Crippen molar-refractivity contribution in [1.29, 1.82) is 0 Å². The highest BCUT2D eigenvalue weighted by atomic mass is 16.5. The highest BCUT2D eigenvalue weighted by Gasteiger charge is 2.35. The van der Waals surface area contributed by atoms with Gasteiger partial charge in [-0.2, -0.15) is 0 Å². The summed E-state index contributed by atoms with van der Waals surface area (Å²) in [7, 11) is 1.63. The van der Waals surface area contributed by atoms with Gasteiger partial charge >= 0.3 is 0 Å². The van der Waals surface area contributed by atoms with E-state index in [9.17, 15) is 9.59 Å². The molecular formula is C19H27N3O4. The topological polar surface area (TPSA) is 89.5 Å². The largest absolute Gasteiger partial charge is 0.381 e. The Bertz CT molecular complexity index is 604. The molecule has 26 heavy (non-hydrogen) atoms. The zero-order valence-corrected chi connectivity index (χ0v) is 15.1. The number of pyridine rings is 1. The van der Waals surface area contributed by atoms with Gasteiger partial charge in [-0.25, -0.2) is 0 Å². The van der Waals surface area contributed by atoms with Crippen molar-refractivity contribution < 1.29 is 19.1 Å². The fraction of sp³-hybridized carbons (Fsp3) is 0.632. The van der Waals surface area contributed by atoms with Crippen LogP contribution in [0.15, 0.2) is 24.5 Å². The van der Waals surface area contributed by atoms with Crippen LogP contribution in [-0.4, -0.2) is 55.3 Å². The number of hydrogen-bond donors (Lipinski definition) is 2. The monoisotopic (exact) mass is 361 g/mol. The van der Waals surface area contributed by atoms with Crippen molar-refractivity contribution in [3.05, 3.63) is 30.1 Å². The molecule has 0 radical (unpaired) electrons. The zero-order valence-electron chi connectivity index (χ0n) is 15.1. The maximum absolute atomic E-state index is 12.6. The maximum atomic E-state index is 12.6. The first-order chi connectivity index (χ1) is 12.7. The van der Waals surface area contributed by atoms with Gasteiger partial charge < -0.3 is 20.1 Å². The van der Waals surface area contributed by atoms with Gasteiger partial charge in [0.05, 0.1) is 12.1 Å². The number of carbonyl (C=O) groups excluding carboxylic acids is 2. The molecule has 0 spiro atoms. The molecule has 2 N–H and O–H groups in total. The molecule has 7 nitrogen and oxygen atoms in total. The Morgan fingerprint density at radius 2 is 1.85 bits per heavy atom. The summed E-state index contributed by atoms with van der Waals surface area (Å²) in [6.45, 7) is 1.42. The summed E-state index contributed by atoms with van der Waals surface area (Å²) in [4.78, 5) is 28.9. The van der Waals surface area contributed by atoms with E-state index in [0.29, 0.717) is 25.2 Å². The van der Waals surface area contributed by atoms with Crippen LogP contribution in [0.4, 0.5) is 0 Å². The summed E-state index contributed by atoms with van der Waals surface area (Å²) in [6.07, 6.45) is 6.86. The van der Waals surface area contributed by atoms with Gasteiger partial charge in [-0.3, -0.25) is 14.6 Å². The number of methoxy groups -OCH3 is 1. The Morgan fingerprint density at radius 3 is 2.54 bits per heavy atom. The van der Waals surface area contributed by atoms with Crippen molar-refractivity contribution in [3.63, 3.8) is 0 Å². The van der Waals surface area contributed by atoms with E-state index in [1.165, 1.54) is 0 Å². The first-order valence-electron chi connectivity index (χ1n) is 9.29. The third-order valence-corrected chi connectivity index (χ3v) is 5.29. The van der Waals surface area contributed by atoms with E-state index in [1.807, 2.05) is 0 Å². The summed E-state index contributed by atoms with van der Waals surface area (Å²) in [5, 5.41) is 6.18. The van der Waals surface area contributed by atoms with Gasteiger partial charge in [0, 0.05) is 50.2 Å². The Labute approximate surface area is 153 Å². The van der Waals surface area contributed by atoms with Crippen LogP contribution >= 0.6 is 0 Å². The van der Waals surface area contributed by atoms with Crippen molar-refractivity contribution in [2.75, 3.05) is 20.3 Å². The number of hydrogen-bond acceptors (Lipinski definition) is 5. The normalized spacial score (nSPS) is 26.9. The fourth-order valence-electron chi connectivity index (χ4n) is 3.71. The summed E-state index contributed by atoms with van der Waals surface area (Å²) in [5.74, 6) is -0.112. The predicted octanol–water partition coefficient (Wildman–Crippen LogP) is 1.29. The summed E-state index contributed by atoms with van der Waals surface area (Å²) >= 11 is 0. The highest BCUT2D eigenvalue weighted by Crippen LogP contribution is 2.27. The molecule has 3 rings (SSSR count). The SMILES string of the molecule is CO[C@@H]1C[C@@H](C(=O)NC2CCOCC2)CC[C@H]1NC(=O)c1ccncc1. The lowest BCUT2D eigenvalue weighted by molar-refractivity contribution is -0.129. The molecule has 0 aromatic carbocycles. The van der Waals surface area contributed by atoms with Crippen LogP contribution in [0, 0.1) is 5.92 Å². The van der Waals surface area contributed by atoms with E-state index in [0.717, 1.165) is 25.7 Å². The highest BCUT2D eigenvalue weighted by molar-refractivity contribution is 5.94. The molecule has 0 bridgehead atoms. The van der Waals surface area contributed by atoms with Gasteiger partial charge in [-0.1, -0.05) is 0 Å². The van der Waals surface area contributed by atoms with Gasteiger partial charge in [-0.05, 0) is 44.2 Å². The van der Waals surface area contributed by atoms with Crippen LogP contribution in [0.1, 0.15) is 42.5 Å². The molecule has 2 fully saturated rings. The van der Waals surface area contributed by atoms with Crippen LogP contribution in [0.5, 0.6) is 0 Å². The van der Waals surface area contributed by atoms with Crippen molar-refractivity contribution in [1.82, 2.24) is 15.6 Å². The Morgan fingerprint density at radius 1 is 1.12 bits per heavy atom. The number of carbonyl (C=O) groups is 2. The second kappa shape index (κ2) is 9.09. The Balaban J connectivity index is 1.53. The van der Waals surface area contributed by atoms with Gasteiger partial charge in [0.2, 0.25) is 5.91 Å². The van der Waals surface area contributed by atoms with Crippen LogP contribution in [0.25, 0.3) is 0 Å². The van der Waals surface area contributed by atoms with Crippen LogP contribution in [-0.2, 0) is 14.3 Å². The molecule has 2 aliphatic rings. The van der Waals surface area contributed by atoms with Crippen molar-refractivity contribution >= 4 is 11.8 Å². The Hall–Kier alpha value is -1.99. The minimum atomic E-state index is -0.167. The van der Waals surface area contributed by atoms with Crippen LogP contribution in [0.2, 0.25) is 0 Å². The second-order valence-corrected chi connectivity index (χ2v) is 7.00. The molecule has 0 unspecified atom stereocenters. The number of ether oxygens (including phenoxy) is 2. The number of aromatic nitrogens is 1. The lowest BCUT2D eigenvalue weighted by atomic mass is 9.82. The standard InChI is InChI=1S/C19H27N3O4/c1-25-17-12-14(19(24)21-15-6-10-26-11-7-15)2-3-16(17)22-18(23)13-4-8-20-9-5-13/h4-5,8-9,14-17H,2-3,6-7,10-12H2,1H3,(H,21,24)(H,22,23)/t14-,16+,17+/m0/s1. The third kappa shape index (κ3) is 4.80. The van der Waals surface area contributed by atoms with Crippen molar-refractivity contribution in [2.45, 2.75) is 50.3 Å². The molecule has 1 aromatic heterocycles. The molecule has 142 valence electrons. The first-order valence-corrected chi connectivity index (χ1v) is 9.29. The molecule has 3 atom stereocenters. The van der Waals surface area contributed by atoms with Gasteiger partial charge in [-0.15, -0.1) is 0 Å². The summed E-state index contributed by atoms with van der Waals surface area (Å²) in [6, 6.07) is 3.49. The number of nitrogens with one attached hydrogen (secondary N) is 2. The van der Waals surface area contributed by atoms with Gasteiger partial charge in [0.1, 0.15) is 0 Å². The number of amides is 2. The molecule has 2 amide bonds.